The summed E-state index contributed by atoms with van der Waals surface area (Å²) < 4.78 is 19.7. The molecule has 0 aliphatic carbocycles. The van der Waals surface area contributed by atoms with Crippen molar-refractivity contribution >= 4 is 43.4 Å². The van der Waals surface area contributed by atoms with Gasteiger partial charge >= 0.3 is 0 Å². The number of benzene rings is 8. The molecule has 0 aliphatic heterocycles. The number of fused-ring (bicyclic) bond motifs is 1. The molecule has 0 unspecified atom stereocenters. The van der Waals surface area contributed by atoms with E-state index in [-0.39, 0.29) is 11.2 Å². The van der Waals surface area contributed by atoms with Crippen molar-refractivity contribution in [1.82, 2.24) is 4.98 Å². The van der Waals surface area contributed by atoms with E-state index in [1.165, 1.54) is 66.7 Å². The molecular weight excluding hydrogens is 589 g/mol. The van der Waals surface area contributed by atoms with Crippen molar-refractivity contribution in [1.29, 1.82) is 0 Å². The van der Waals surface area contributed by atoms with Crippen LogP contribution in [0.25, 0.3) is 88.3 Å². The van der Waals surface area contributed by atoms with Gasteiger partial charge in [0.25, 0.3) is 0 Å². The Labute approximate surface area is 278 Å². The van der Waals surface area contributed by atoms with E-state index in [0.717, 1.165) is 27.8 Å². The topological polar surface area (TPSA) is 26.0 Å². The number of hydrogen-bond donors (Lipinski definition) is 0. The predicted molar refractivity (Wildman–Crippen MR) is 198 cm³/mol. The SMILES string of the molecule is CC(C)(C)c1cc2ccc3c(-c4ccccc4)cc(-c4ccc(-c5nc6cc(-c7ccc(F)cc7)ccc6o5)cc4)c4ccc(c1)c2c34. The molecule has 0 radical (unpaired) electrons. The number of nitrogens with zero attached hydrogens (tertiary/aromatic N) is 1. The van der Waals surface area contributed by atoms with Gasteiger partial charge in [-0.2, -0.15) is 0 Å². The quantitative estimate of drug-likeness (QED) is 0.183. The van der Waals surface area contributed by atoms with Crippen LogP contribution >= 0.6 is 0 Å². The van der Waals surface area contributed by atoms with Crippen LogP contribution in [0.1, 0.15) is 26.3 Å². The summed E-state index contributed by atoms with van der Waals surface area (Å²) in [5.41, 5.74) is 10.5. The van der Waals surface area contributed by atoms with Crippen LogP contribution in [0.5, 0.6) is 0 Å². The van der Waals surface area contributed by atoms with E-state index in [2.05, 4.69) is 118 Å². The molecule has 0 saturated heterocycles. The van der Waals surface area contributed by atoms with Crippen LogP contribution in [0.15, 0.2) is 144 Å². The summed E-state index contributed by atoms with van der Waals surface area (Å²) >= 11 is 0. The largest absolute Gasteiger partial charge is 0.436 e. The Bertz CT molecular complexity index is 2610. The summed E-state index contributed by atoms with van der Waals surface area (Å²) in [6, 6.07) is 47.9. The zero-order valence-electron chi connectivity index (χ0n) is 27.0. The lowest BCUT2D eigenvalue weighted by molar-refractivity contribution is 0.591. The van der Waals surface area contributed by atoms with Crippen LogP contribution in [-0.2, 0) is 5.41 Å². The summed E-state index contributed by atoms with van der Waals surface area (Å²) in [6.45, 7) is 6.84. The van der Waals surface area contributed by atoms with E-state index >= 15 is 0 Å². The molecule has 0 spiro atoms. The van der Waals surface area contributed by atoms with Gasteiger partial charge in [-0.15, -0.1) is 0 Å². The minimum Gasteiger partial charge on any atom is -0.436 e. The van der Waals surface area contributed by atoms with E-state index < -0.39 is 0 Å². The van der Waals surface area contributed by atoms with E-state index in [1.807, 2.05) is 18.2 Å². The normalized spacial score (nSPS) is 12.2. The fourth-order valence-corrected chi connectivity index (χ4v) is 7.11. The molecular formula is C45H32FNO. The second-order valence-corrected chi connectivity index (χ2v) is 13.8. The van der Waals surface area contributed by atoms with Crippen molar-refractivity contribution in [3.63, 3.8) is 0 Å². The maximum absolute atomic E-state index is 13.5. The van der Waals surface area contributed by atoms with E-state index in [0.29, 0.717) is 11.5 Å². The van der Waals surface area contributed by atoms with E-state index in [1.54, 1.807) is 12.1 Å². The van der Waals surface area contributed by atoms with Crippen LogP contribution in [0.3, 0.4) is 0 Å². The van der Waals surface area contributed by atoms with Gasteiger partial charge < -0.3 is 4.42 Å². The highest BCUT2D eigenvalue weighted by Crippen LogP contribution is 2.45. The van der Waals surface area contributed by atoms with Gasteiger partial charge in [-0.05, 0) is 119 Å². The monoisotopic (exact) mass is 621 g/mol. The molecule has 0 saturated carbocycles. The first-order valence-corrected chi connectivity index (χ1v) is 16.4. The third-order valence-electron chi connectivity index (χ3n) is 9.67. The molecule has 1 aromatic heterocycles. The molecule has 8 aromatic carbocycles. The molecule has 0 N–H and O–H groups in total. The number of rotatable bonds is 4. The summed E-state index contributed by atoms with van der Waals surface area (Å²) in [6.07, 6.45) is 0. The lowest BCUT2D eigenvalue weighted by Crippen LogP contribution is -2.10. The van der Waals surface area contributed by atoms with Crippen molar-refractivity contribution < 1.29 is 8.81 Å². The minimum atomic E-state index is -0.250. The average molecular weight is 622 g/mol. The third kappa shape index (κ3) is 4.65. The number of halogens is 1. The summed E-state index contributed by atoms with van der Waals surface area (Å²) in [4.78, 5) is 4.83. The van der Waals surface area contributed by atoms with Gasteiger partial charge in [0.2, 0.25) is 5.89 Å². The van der Waals surface area contributed by atoms with Crippen molar-refractivity contribution in [2.45, 2.75) is 26.2 Å². The van der Waals surface area contributed by atoms with Gasteiger partial charge in [-0.25, -0.2) is 9.37 Å². The molecule has 48 heavy (non-hydrogen) atoms. The lowest BCUT2D eigenvalue weighted by Gasteiger charge is -2.23. The smallest absolute Gasteiger partial charge is 0.227 e. The molecule has 1 heterocycles. The first-order chi connectivity index (χ1) is 23.3. The molecule has 0 aliphatic rings. The molecule has 9 aromatic rings. The van der Waals surface area contributed by atoms with Crippen LogP contribution < -0.4 is 0 Å². The first-order valence-electron chi connectivity index (χ1n) is 16.4. The van der Waals surface area contributed by atoms with Gasteiger partial charge in [0.05, 0.1) is 0 Å². The Kier molecular flexibility index (Phi) is 6.29. The van der Waals surface area contributed by atoms with Crippen molar-refractivity contribution in [2.75, 3.05) is 0 Å². The van der Waals surface area contributed by atoms with E-state index in [9.17, 15) is 4.39 Å². The summed E-state index contributed by atoms with van der Waals surface area (Å²) in [7, 11) is 0. The fourth-order valence-electron chi connectivity index (χ4n) is 7.11. The lowest BCUT2D eigenvalue weighted by atomic mass is 9.81. The number of hydrogen-bond acceptors (Lipinski definition) is 2. The second kappa shape index (κ2) is 10.6. The molecule has 230 valence electrons. The highest BCUT2D eigenvalue weighted by molar-refractivity contribution is 6.28. The molecule has 3 heteroatoms. The maximum Gasteiger partial charge on any atom is 0.227 e. The molecule has 9 rings (SSSR count). The highest BCUT2D eigenvalue weighted by Gasteiger charge is 2.20. The standard InChI is InChI=1S/C45H32FNO/c1-45(2,3)34-23-32-15-20-36-38(28-7-5-4-6-8-28)26-39(37-21-16-33(24-34)42(32)43(36)37)29-9-11-30(12-10-29)44-47-40-25-31(17-22-41(40)48-44)27-13-18-35(46)19-14-27/h4-26H,1-3H3. The minimum absolute atomic E-state index is 0.0616. The molecule has 0 atom stereocenters. The summed E-state index contributed by atoms with van der Waals surface area (Å²) in [5.74, 6) is 0.322. The van der Waals surface area contributed by atoms with Gasteiger partial charge in [0.1, 0.15) is 11.3 Å². The fraction of sp³-hybridized carbons (Fsp3) is 0.0889. The first kappa shape index (κ1) is 28.4. The summed E-state index contributed by atoms with van der Waals surface area (Å²) in [5, 5.41) is 7.70. The molecule has 2 nitrogen and oxygen atoms in total. The van der Waals surface area contributed by atoms with E-state index in [4.69, 9.17) is 9.40 Å². The molecule has 0 fully saturated rings. The zero-order valence-corrected chi connectivity index (χ0v) is 27.0. The van der Waals surface area contributed by atoms with Gasteiger partial charge in [-0.3, -0.25) is 0 Å². The zero-order chi connectivity index (χ0) is 32.6. The van der Waals surface area contributed by atoms with Crippen LogP contribution in [-0.4, -0.2) is 4.98 Å². The Morgan fingerprint density at radius 2 is 1.10 bits per heavy atom. The van der Waals surface area contributed by atoms with Crippen molar-refractivity contribution in [3.05, 3.63) is 151 Å². The second-order valence-electron chi connectivity index (χ2n) is 13.8. The molecule has 0 bridgehead atoms. The Balaban J connectivity index is 1.18. The average Bonchev–Trinajstić information content (AvgIpc) is 3.54. The van der Waals surface area contributed by atoms with Crippen LogP contribution in [0.4, 0.5) is 4.39 Å². The Morgan fingerprint density at radius 1 is 0.521 bits per heavy atom. The van der Waals surface area contributed by atoms with Crippen LogP contribution in [0.2, 0.25) is 0 Å². The van der Waals surface area contributed by atoms with Crippen molar-refractivity contribution in [3.8, 4) is 44.8 Å². The molecule has 0 amide bonds. The van der Waals surface area contributed by atoms with Gasteiger partial charge in [0.15, 0.2) is 5.58 Å². The highest BCUT2D eigenvalue weighted by atomic mass is 19.1. The Morgan fingerprint density at radius 3 is 1.75 bits per heavy atom. The van der Waals surface area contributed by atoms with Crippen molar-refractivity contribution in [2.24, 2.45) is 0 Å². The van der Waals surface area contributed by atoms with Crippen LogP contribution in [0, 0.1) is 5.82 Å². The van der Waals surface area contributed by atoms with Gasteiger partial charge in [-0.1, -0.05) is 118 Å². The number of aromatic nitrogens is 1. The van der Waals surface area contributed by atoms with Gasteiger partial charge in [0, 0.05) is 5.56 Å². The third-order valence-corrected chi connectivity index (χ3v) is 9.67. The number of oxazole rings is 1. The maximum atomic E-state index is 13.5. The Hall–Kier alpha value is -5.80. The predicted octanol–water partition coefficient (Wildman–Crippen LogP) is 12.8.